The summed E-state index contributed by atoms with van der Waals surface area (Å²) in [5.41, 5.74) is 0.360. The number of nitrogens with zero attached hydrogens (tertiary/aromatic N) is 4. The van der Waals surface area contributed by atoms with Gasteiger partial charge in [0.05, 0.1) is 25.4 Å². The molecule has 138 valence electrons. The number of hydrogen-bond donors (Lipinski definition) is 1. The number of aliphatic hydroxyl groups is 1. The molecule has 0 saturated carbocycles. The Balaban J connectivity index is 1.67. The van der Waals surface area contributed by atoms with Crippen LogP contribution in [0.1, 0.15) is 43.0 Å². The number of aliphatic hydroxyl groups excluding tert-OH is 1. The molecule has 0 aromatic carbocycles. The average Bonchev–Trinajstić information content (AvgIpc) is 2.68. The van der Waals surface area contributed by atoms with Gasteiger partial charge >= 0.3 is 0 Å². The summed E-state index contributed by atoms with van der Waals surface area (Å²) >= 11 is 0. The van der Waals surface area contributed by atoms with Crippen LogP contribution in [0.2, 0.25) is 0 Å². The molecule has 0 bridgehead atoms. The summed E-state index contributed by atoms with van der Waals surface area (Å²) in [6.07, 6.45) is 7.11. The molecule has 0 aliphatic carbocycles. The molecule has 7 nitrogen and oxygen atoms in total. The zero-order valence-corrected chi connectivity index (χ0v) is 15.0. The Morgan fingerprint density at radius 3 is 2.64 bits per heavy atom. The minimum atomic E-state index is -0.155. The fraction of sp³-hybridized carbons (Fsp3) is 0.722. The smallest absolute Gasteiger partial charge is 0.257 e. The molecule has 2 aliphatic rings. The molecule has 3 heterocycles. The van der Waals surface area contributed by atoms with Crippen LogP contribution in [0.15, 0.2) is 12.4 Å². The third-order valence-electron chi connectivity index (χ3n) is 5.24. The largest absolute Gasteiger partial charge is 0.396 e. The maximum Gasteiger partial charge on any atom is 0.257 e. The molecule has 1 aromatic heterocycles. The first kappa shape index (κ1) is 18.1. The molecule has 7 heteroatoms. The highest BCUT2D eigenvalue weighted by molar-refractivity contribution is 5.93. The van der Waals surface area contributed by atoms with E-state index >= 15 is 0 Å². The first-order chi connectivity index (χ1) is 12.2. The van der Waals surface area contributed by atoms with E-state index in [9.17, 15) is 9.90 Å². The molecule has 1 aromatic rings. The maximum atomic E-state index is 12.8. The Bertz CT molecular complexity index is 570. The zero-order valence-electron chi connectivity index (χ0n) is 15.0. The SMILES string of the molecule is CCC[C@@]1(CO)CCCN(C(=O)c2cnc(N3CCOCC3)nc2)C1. The Labute approximate surface area is 149 Å². The van der Waals surface area contributed by atoms with E-state index in [1.54, 1.807) is 12.4 Å². The summed E-state index contributed by atoms with van der Waals surface area (Å²) in [6.45, 7) is 6.51. The lowest BCUT2D eigenvalue weighted by Gasteiger charge is -2.41. The molecule has 3 rings (SSSR count). The number of likely N-dealkylation sites (tertiary alicyclic amines) is 1. The molecular weight excluding hydrogens is 320 g/mol. The van der Waals surface area contributed by atoms with Gasteiger partial charge in [-0.1, -0.05) is 13.3 Å². The second-order valence-corrected chi connectivity index (χ2v) is 7.11. The lowest BCUT2D eigenvalue weighted by atomic mass is 9.77. The fourth-order valence-electron chi connectivity index (χ4n) is 3.86. The number of ether oxygens (including phenoxy) is 1. The number of anilines is 1. The van der Waals surface area contributed by atoms with Crippen molar-refractivity contribution in [3.8, 4) is 0 Å². The van der Waals surface area contributed by atoms with Crippen molar-refractivity contribution in [1.29, 1.82) is 0 Å². The molecule has 0 spiro atoms. The topological polar surface area (TPSA) is 78.8 Å². The molecule has 0 radical (unpaired) electrons. The van der Waals surface area contributed by atoms with Crippen LogP contribution in [0.4, 0.5) is 5.95 Å². The van der Waals surface area contributed by atoms with Crippen LogP contribution in [0.3, 0.4) is 0 Å². The molecule has 2 aliphatic heterocycles. The lowest BCUT2D eigenvalue weighted by Crippen LogP contribution is -2.48. The van der Waals surface area contributed by atoms with E-state index in [-0.39, 0.29) is 17.9 Å². The van der Waals surface area contributed by atoms with Gasteiger partial charge in [-0.2, -0.15) is 0 Å². The summed E-state index contributed by atoms with van der Waals surface area (Å²) in [7, 11) is 0. The van der Waals surface area contributed by atoms with E-state index in [0.717, 1.165) is 45.3 Å². The Kier molecular flexibility index (Phi) is 5.86. The van der Waals surface area contributed by atoms with Crippen LogP contribution in [-0.2, 0) is 4.74 Å². The molecule has 25 heavy (non-hydrogen) atoms. The van der Waals surface area contributed by atoms with Crippen molar-refractivity contribution in [3.63, 3.8) is 0 Å². The monoisotopic (exact) mass is 348 g/mol. The molecular formula is C18H28N4O3. The maximum absolute atomic E-state index is 12.8. The van der Waals surface area contributed by atoms with Crippen molar-refractivity contribution in [2.24, 2.45) is 5.41 Å². The van der Waals surface area contributed by atoms with Crippen molar-refractivity contribution in [2.75, 3.05) is 50.9 Å². The number of carbonyl (C=O) groups is 1. The number of piperidine rings is 1. The number of rotatable bonds is 5. The highest BCUT2D eigenvalue weighted by Gasteiger charge is 2.36. The second kappa shape index (κ2) is 8.10. The molecule has 2 saturated heterocycles. The second-order valence-electron chi connectivity index (χ2n) is 7.11. The zero-order chi connectivity index (χ0) is 17.7. The van der Waals surface area contributed by atoms with E-state index in [4.69, 9.17) is 4.74 Å². The summed E-state index contributed by atoms with van der Waals surface area (Å²) in [5.74, 6) is 0.608. The third kappa shape index (κ3) is 4.10. The quantitative estimate of drug-likeness (QED) is 0.865. The number of morpholine rings is 1. The summed E-state index contributed by atoms with van der Waals surface area (Å²) in [6, 6.07) is 0. The molecule has 2 fully saturated rings. The van der Waals surface area contributed by atoms with Crippen molar-refractivity contribution in [3.05, 3.63) is 18.0 Å². The van der Waals surface area contributed by atoms with Crippen LogP contribution < -0.4 is 4.90 Å². The van der Waals surface area contributed by atoms with Gasteiger partial charge in [-0.3, -0.25) is 4.79 Å². The van der Waals surface area contributed by atoms with Gasteiger partial charge < -0.3 is 19.6 Å². The highest BCUT2D eigenvalue weighted by atomic mass is 16.5. The fourth-order valence-corrected chi connectivity index (χ4v) is 3.86. The van der Waals surface area contributed by atoms with Crippen LogP contribution in [0.25, 0.3) is 0 Å². The number of hydrogen-bond acceptors (Lipinski definition) is 6. The Morgan fingerprint density at radius 1 is 1.28 bits per heavy atom. The van der Waals surface area contributed by atoms with Gasteiger partial charge in [-0.15, -0.1) is 0 Å². The molecule has 0 unspecified atom stereocenters. The van der Waals surface area contributed by atoms with Crippen LogP contribution in [-0.4, -0.2) is 71.9 Å². The lowest BCUT2D eigenvalue weighted by molar-refractivity contribution is 0.0222. The van der Waals surface area contributed by atoms with Gasteiger partial charge in [-0.25, -0.2) is 9.97 Å². The predicted octanol–water partition coefficient (Wildman–Crippen LogP) is 1.33. The van der Waals surface area contributed by atoms with Gasteiger partial charge in [0.25, 0.3) is 5.91 Å². The van der Waals surface area contributed by atoms with Crippen LogP contribution in [0.5, 0.6) is 0 Å². The van der Waals surface area contributed by atoms with Crippen molar-refractivity contribution >= 4 is 11.9 Å². The van der Waals surface area contributed by atoms with E-state index in [1.165, 1.54) is 0 Å². The Morgan fingerprint density at radius 2 is 2.00 bits per heavy atom. The van der Waals surface area contributed by atoms with Crippen LogP contribution in [0, 0.1) is 5.41 Å². The molecule has 1 atom stereocenters. The molecule has 1 N–H and O–H groups in total. The van der Waals surface area contributed by atoms with Gasteiger partial charge in [0.15, 0.2) is 0 Å². The average molecular weight is 348 g/mol. The standard InChI is InChI=1S/C18H28N4O3/c1-2-4-18(14-23)5-3-6-22(13-18)16(24)15-11-19-17(20-12-15)21-7-9-25-10-8-21/h11-12,23H,2-10,13-14H2,1H3/t18-/m1/s1. The van der Waals surface area contributed by atoms with Crippen LogP contribution >= 0.6 is 0 Å². The number of amides is 1. The minimum Gasteiger partial charge on any atom is -0.396 e. The van der Waals surface area contributed by atoms with E-state index < -0.39 is 0 Å². The van der Waals surface area contributed by atoms with Gasteiger partial charge in [0.1, 0.15) is 0 Å². The summed E-state index contributed by atoms with van der Waals surface area (Å²) in [4.78, 5) is 25.5. The summed E-state index contributed by atoms with van der Waals surface area (Å²) in [5, 5.41) is 9.85. The number of carbonyl (C=O) groups excluding carboxylic acids is 1. The first-order valence-corrected chi connectivity index (χ1v) is 9.22. The highest BCUT2D eigenvalue weighted by Crippen LogP contribution is 2.34. The predicted molar refractivity (Wildman–Crippen MR) is 94.6 cm³/mol. The van der Waals surface area contributed by atoms with E-state index in [2.05, 4.69) is 21.8 Å². The van der Waals surface area contributed by atoms with E-state index in [0.29, 0.717) is 31.3 Å². The van der Waals surface area contributed by atoms with Crippen molar-refractivity contribution in [2.45, 2.75) is 32.6 Å². The van der Waals surface area contributed by atoms with E-state index in [1.807, 2.05) is 4.90 Å². The first-order valence-electron chi connectivity index (χ1n) is 9.22. The van der Waals surface area contributed by atoms with Gasteiger partial charge in [0.2, 0.25) is 5.95 Å². The van der Waals surface area contributed by atoms with Gasteiger partial charge in [-0.05, 0) is 19.3 Å². The molecule has 1 amide bonds. The van der Waals surface area contributed by atoms with Crippen molar-refractivity contribution < 1.29 is 14.6 Å². The summed E-state index contributed by atoms with van der Waals surface area (Å²) < 4.78 is 5.33. The normalized spacial score (nSPS) is 24.4. The Hall–Kier alpha value is -1.73. The van der Waals surface area contributed by atoms with Crippen molar-refractivity contribution in [1.82, 2.24) is 14.9 Å². The van der Waals surface area contributed by atoms with Gasteiger partial charge in [0, 0.05) is 44.0 Å². The number of aromatic nitrogens is 2. The third-order valence-corrected chi connectivity index (χ3v) is 5.24. The minimum absolute atomic E-state index is 0.0397.